The summed E-state index contributed by atoms with van der Waals surface area (Å²) in [6, 6.07) is 6.65. The van der Waals surface area contributed by atoms with Gasteiger partial charge >= 0.3 is 0 Å². The van der Waals surface area contributed by atoms with Gasteiger partial charge in [0.05, 0.1) is 5.69 Å². The number of rotatable bonds is 2. The molecule has 90 valence electrons. The lowest BCUT2D eigenvalue weighted by atomic mass is 9.85. The zero-order valence-corrected chi connectivity index (χ0v) is 9.87. The van der Waals surface area contributed by atoms with Gasteiger partial charge in [0.15, 0.2) is 0 Å². The van der Waals surface area contributed by atoms with Crippen LogP contribution in [0, 0.1) is 0 Å². The molecule has 3 nitrogen and oxygen atoms in total. The standard InChI is InChI=1S/C13H14FNO2/c1-3-13(14)11(16)9-7-5-6-8-10(9)15(4-2)12(13)17/h5-8H,3-4H2,1-2H3/t13-/m0/s1. The Hall–Kier alpha value is -1.71. The van der Waals surface area contributed by atoms with Gasteiger partial charge in [-0.1, -0.05) is 19.1 Å². The van der Waals surface area contributed by atoms with E-state index >= 15 is 0 Å². The highest BCUT2D eigenvalue weighted by Crippen LogP contribution is 2.36. The predicted molar refractivity (Wildman–Crippen MR) is 62.9 cm³/mol. The molecule has 1 atom stereocenters. The number of halogens is 1. The zero-order valence-electron chi connectivity index (χ0n) is 9.87. The van der Waals surface area contributed by atoms with E-state index in [1.807, 2.05) is 0 Å². The number of Topliss-reactive ketones (excluding diaryl/α,β-unsaturated/α-hetero) is 1. The van der Waals surface area contributed by atoms with Gasteiger partial charge in [0.25, 0.3) is 11.6 Å². The van der Waals surface area contributed by atoms with Crippen LogP contribution in [0.5, 0.6) is 0 Å². The summed E-state index contributed by atoms with van der Waals surface area (Å²) in [4.78, 5) is 25.4. The van der Waals surface area contributed by atoms with Crippen molar-refractivity contribution < 1.29 is 14.0 Å². The summed E-state index contributed by atoms with van der Waals surface area (Å²) >= 11 is 0. The van der Waals surface area contributed by atoms with Crippen molar-refractivity contribution in [2.45, 2.75) is 25.9 Å². The molecule has 0 N–H and O–H groups in total. The van der Waals surface area contributed by atoms with Crippen LogP contribution in [0.1, 0.15) is 30.6 Å². The second-order valence-corrected chi connectivity index (χ2v) is 4.05. The molecule has 0 bridgehead atoms. The fourth-order valence-corrected chi connectivity index (χ4v) is 2.16. The highest BCUT2D eigenvalue weighted by Gasteiger charge is 2.51. The first-order chi connectivity index (χ1) is 8.06. The lowest BCUT2D eigenvalue weighted by molar-refractivity contribution is -0.127. The molecule has 1 amide bonds. The molecule has 1 heterocycles. The third-order valence-corrected chi connectivity index (χ3v) is 3.19. The maximum absolute atomic E-state index is 14.5. The Morgan fingerprint density at radius 3 is 2.47 bits per heavy atom. The SMILES string of the molecule is CCN1C(=O)[C@](F)(CC)C(=O)c2ccccc21. The average Bonchev–Trinajstić information content (AvgIpc) is 2.37. The van der Waals surface area contributed by atoms with Crippen molar-refractivity contribution in [1.29, 1.82) is 0 Å². The molecule has 2 rings (SSSR count). The zero-order chi connectivity index (χ0) is 12.6. The number of hydrogen-bond acceptors (Lipinski definition) is 2. The van der Waals surface area contributed by atoms with E-state index in [1.54, 1.807) is 31.2 Å². The van der Waals surface area contributed by atoms with Crippen molar-refractivity contribution in [2.24, 2.45) is 0 Å². The van der Waals surface area contributed by atoms with E-state index < -0.39 is 17.4 Å². The molecular formula is C13H14FNO2. The largest absolute Gasteiger partial charge is 0.309 e. The lowest BCUT2D eigenvalue weighted by Gasteiger charge is -2.35. The number of amides is 1. The Kier molecular flexibility index (Phi) is 2.73. The molecule has 0 aromatic heterocycles. The maximum atomic E-state index is 14.5. The minimum absolute atomic E-state index is 0.129. The van der Waals surface area contributed by atoms with Crippen LogP contribution >= 0.6 is 0 Å². The molecule has 0 spiro atoms. The number of nitrogens with zero attached hydrogens (tertiary/aromatic N) is 1. The van der Waals surface area contributed by atoms with Crippen molar-refractivity contribution in [3.63, 3.8) is 0 Å². The summed E-state index contributed by atoms with van der Waals surface area (Å²) in [6.07, 6.45) is -0.129. The number of hydrogen-bond donors (Lipinski definition) is 0. The monoisotopic (exact) mass is 235 g/mol. The van der Waals surface area contributed by atoms with Gasteiger partial charge < -0.3 is 4.90 Å². The molecule has 0 saturated carbocycles. The van der Waals surface area contributed by atoms with Crippen LogP contribution in [-0.2, 0) is 4.79 Å². The molecule has 0 aliphatic carbocycles. The third kappa shape index (κ3) is 1.47. The fraction of sp³-hybridized carbons (Fsp3) is 0.385. The topological polar surface area (TPSA) is 37.4 Å². The molecule has 4 heteroatoms. The highest BCUT2D eigenvalue weighted by atomic mass is 19.1. The van der Waals surface area contributed by atoms with Crippen molar-refractivity contribution >= 4 is 17.4 Å². The Balaban J connectivity index is 2.65. The molecule has 0 saturated heterocycles. The van der Waals surface area contributed by atoms with Gasteiger partial charge in [-0.05, 0) is 25.5 Å². The van der Waals surface area contributed by atoms with E-state index in [2.05, 4.69) is 0 Å². The maximum Gasteiger partial charge on any atom is 0.272 e. The number of carbonyl (C=O) groups excluding carboxylic acids is 2. The molecular weight excluding hydrogens is 221 g/mol. The molecule has 1 aliphatic rings. The second-order valence-electron chi connectivity index (χ2n) is 4.05. The van der Waals surface area contributed by atoms with Gasteiger partial charge in [-0.15, -0.1) is 0 Å². The number of para-hydroxylation sites is 1. The number of ketones is 1. The number of anilines is 1. The number of fused-ring (bicyclic) bond motifs is 1. The molecule has 0 unspecified atom stereocenters. The number of benzene rings is 1. The predicted octanol–water partition coefficient (Wildman–Crippen LogP) is 2.35. The van der Waals surface area contributed by atoms with E-state index in [1.165, 1.54) is 11.8 Å². The van der Waals surface area contributed by atoms with Crippen LogP contribution in [0.4, 0.5) is 10.1 Å². The minimum Gasteiger partial charge on any atom is -0.309 e. The van der Waals surface area contributed by atoms with E-state index in [9.17, 15) is 14.0 Å². The third-order valence-electron chi connectivity index (χ3n) is 3.19. The van der Waals surface area contributed by atoms with Crippen LogP contribution in [0.2, 0.25) is 0 Å². The Morgan fingerprint density at radius 1 is 1.24 bits per heavy atom. The van der Waals surface area contributed by atoms with E-state index in [4.69, 9.17) is 0 Å². The average molecular weight is 235 g/mol. The highest BCUT2D eigenvalue weighted by molar-refractivity contribution is 6.27. The fourth-order valence-electron chi connectivity index (χ4n) is 2.16. The molecule has 1 aromatic rings. The van der Waals surface area contributed by atoms with Gasteiger partial charge in [-0.3, -0.25) is 9.59 Å². The number of alkyl halides is 1. The first-order valence-corrected chi connectivity index (χ1v) is 5.71. The summed E-state index contributed by atoms with van der Waals surface area (Å²) in [6.45, 7) is 3.63. The lowest BCUT2D eigenvalue weighted by Crippen LogP contribution is -2.55. The van der Waals surface area contributed by atoms with Crippen LogP contribution in [-0.4, -0.2) is 23.9 Å². The molecule has 0 radical (unpaired) electrons. The van der Waals surface area contributed by atoms with E-state index in [0.29, 0.717) is 17.8 Å². The Labute approximate surface area is 99.2 Å². The van der Waals surface area contributed by atoms with Gasteiger partial charge in [0.1, 0.15) is 0 Å². The summed E-state index contributed by atoms with van der Waals surface area (Å²) < 4.78 is 14.5. The molecule has 17 heavy (non-hydrogen) atoms. The summed E-state index contributed by atoms with van der Waals surface area (Å²) in [7, 11) is 0. The normalized spacial score (nSPS) is 23.8. The number of carbonyl (C=O) groups is 2. The van der Waals surface area contributed by atoms with E-state index in [-0.39, 0.29) is 6.42 Å². The van der Waals surface area contributed by atoms with Gasteiger partial charge in [0, 0.05) is 12.1 Å². The molecule has 0 fully saturated rings. The Morgan fingerprint density at radius 2 is 1.88 bits per heavy atom. The quantitative estimate of drug-likeness (QED) is 0.738. The summed E-state index contributed by atoms with van der Waals surface area (Å²) in [5.74, 6) is -1.46. The van der Waals surface area contributed by atoms with Gasteiger partial charge in [-0.25, -0.2) is 4.39 Å². The van der Waals surface area contributed by atoms with Crippen LogP contribution in [0.25, 0.3) is 0 Å². The smallest absolute Gasteiger partial charge is 0.272 e. The van der Waals surface area contributed by atoms with Crippen molar-refractivity contribution in [2.75, 3.05) is 11.4 Å². The van der Waals surface area contributed by atoms with E-state index in [0.717, 1.165) is 0 Å². The van der Waals surface area contributed by atoms with Crippen molar-refractivity contribution in [3.8, 4) is 0 Å². The van der Waals surface area contributed by atoms with Crippen LogP contribution < -0.4 is 4.90 Å². The Bertz CT molecular complexity index is 486. The second kappa shape index (κ2) is 3.95. The van der Waals surface area contributed by atoms with Crippen molar-refractivity contribution in [3.05, 3.63) is 29.8 Å². The summed E-state index contributed by atoms with van der Waals surface area (Å²) in [5, 5.41) is 0. The minimum atomic E-state index is -2.40. The summed E-state index contributed by atoms with van der Waals surface area (Å²) in [5.41, 5.74) is -1.60. The molecule has 1 aromatic carbocycles. The first kappa shape index (κ1) is 11.8. The van der Waals surface area contributed by atoms with Crippen LogP contribution in [0.15, 0.2) is 24.3 Å². The van der Waals surface area contributed by atoms with Gasteiger partial charge in [0.2, 0.25) is 5.78 Å². The van der Waals surface area contributed by atoms with Crippen LogP contribution in [0.3, 0.4) is 0 Å². The van der Waals surface area contributed by atoms with Gasteiger partial charge in [-0.2, -0.15) is 0 Å². The first-order valence-electron chi connectivity index (χ1n) is 5.71. The molecule has 1 aliphatic heterocycles. The van der Waals surface area contributed by atoms with Crippen molar-refractivity contribution in [1.82, 2.24) is 0 Å².